The van der Waals surface area contributed by atoms with Crippen molar-refractivity contribution in [2.45, 2.75) is 57.7 Å². The van der Waals surface area contributed by atoms with Crippen molar-refractivity contribution < 1.29 is 27.5 Å². The third kappa shape index (κ3) is 4.27. The third-order valence-corrected chi connectivity index (χ3v) is 5.43. The second-order valence-electron chi connectivity index (χ2n) is 7.17. The fourth-order valence-corrected chi connectivity index (χ4v) is 4.01. The van der Waals surface area contributed by atoms with Crippen LogP contribution in [0.3, 0.4) is 0 Å². The summed E-state index contributed by atoms with van der Waals surface area (Å²) in [4.78, 5) is 26.0. The van der Waals surface area contributed by atoms with E-state index in [0.717, 1.165) is 6.42 Å². The van der Waals surface area contributed by atoms with Gasteiger partial charge in [0.15, 0.2) is 5.69 Å². The molecule has 1 aliphatic carbocycles. The van der Waals surface area contributed by atoms with Crippen LogP contribution in [0.4, 0.5) is 13.2 Å². The third-order valence-electron chi connectivity index (χ3n) is 5.43. The van der Waals surface area contributed by atoms with Gasteiger partial charge in [0.05, 0.1) is 13.0 Å². The highest BCUT2D eigenvalue weighted by Crippen LogP contribution is 2.35. The molecule has 0 bridgehead atoms. The molecule has 2 heterocycles. The summed E-state index contributed by atoms with van der Waals surface area (Å²) in [6.45, 7) is 0.692. The average molecular weight is 387 g/mol. The van der Waals surface area contributed by atoms with Gasteiger partial charge in [0.1, 0.15) is 6.54 Å². The highest BCUT2D eigenvalue weighted by molar-refractivity contribution is 5.76. The van der Waals surface area contributed by atoms with E-state index in [4.69, 9.17) is 4.74 Å². The minimum Gasteiger partial charge on any atom is -0.469 e. The van der Waals surface area contributed by atoms with Gasteiger partial charge in [-0.3, -0.25) is 14.3 Å². The second kappa shape index (κ2) is 7.90. The van der Waals surface area contributed by atoms with E-state index in [0.29, 0.717) is 57.3 Å². The van der Waals surface area contributed by atoms with E-state index in [-0.39, 0.29) is 29.9 Å². The molecule has 150 valence electrons. The van der Waals surface area contributed by atoms with Crippen molar-refractivity contribution in [3.05, 3.63) is 17.0 Å². The molecule has 0 aromatic carbocycles. The molecule has 1 aromatic heterocycles. The molecule has 0 saturated carbocycles. The number of nitrogens with zero attached hydrogens (tertiary/aromatic N) is 3. The van der Waals surface area contributed by atoms with Gasteiger partial charge in [-0.1, -0.05) is 0 Å². The van der Waals surface area contributed by atoms with E-state index in [1.165, 1.54) is 11.8 Å². The molecule has 1 amide bonds. The van der Waals surface area contributed by atoms with Gasteiger partial charge in [-0.2, -0.15) is 18.3 Å². The lowest BCUT2D eigenvalue weighted by Crippen LogP contribution is -2.35. The van der Waals surface area contributed by atoms with Crippen LogP contribution in [0.1, 0.15) is 49.1 Å². The Morgan fingerprint density at radius 3 is 2.59 bits per heavy atom. The quantitative estimate of drug-likeness (QED) is 0.748. The van der Waals surface area contributed by atoms with Crippen LogP contribution < -0.4 is 0 Å². The molecule has 3 rings (SSSR count). The highest BCUT2D eigenvalue weighted by atomic mass is 19.4. The number of hydrogen-bond acceptors (Lipinski definition) is 4. The first-order valence-corrected chi connectivity index (χ1v) is 9.32. The van der Waals surface area contributed by atoms with Gasteiger partial charge in [0.25, 0.3) is 0 Å². The van der Waals surface area contributed by atoms with Crippen LogP contribution in [0.5, 0.6) is 0 Å². The number of carbonyl (C=O) groups is 2. The summed E-state index contributed by atoms with van der Waals surface area (Å²) in [7, 11) is 1.34. The van der Waals surface area contributed by atoms with Crippen LogP contribution in [0, 0.1) is 5.92 Å². The molecule has 2 aliphatic rings. The van der Waals surface area contributed by atoms with Crippen LogP contribution in [0.2, 0.25) is 0 Å². The Kier molecular flexibility index (Phi) is 5.76. The largest absolute Gasteiger partial charge is 0.469 e. The molecule has 27 heavy (non-hydrogen) atoms. The zero-order chi connectivity index (χ0) is 19.6. The maximum Gasteiger partial charge on any atom is 0.435 e. The van der Waals surface area contributed by atoms with Crippen LogP contribution in [-0.4, -0.2) is 46.8 Å². The van der Waals surface area contributed by atoms with Gasteiger partial charge in [-0.05, 0) is 44.9 Å². The van der Waals surface area contributed by atoms with Crippen LogP contribution >= 0.6 is 0 Å². The molecule has 1 fully saturated rings. The van der Waals surface area contributed by atoms with Crippen molar-refractivity contribution in [3.8, 4) is 0 Å². The van der Waals surface area contributed by atoms with E-state index >= 15 is 0 Å². The van der Waals surface area contributed by atoms with Crippen molar-refractivity contribution >= 4 is 11.9 Å². The lowest BCUT2D eigenvalue weighted by Gasteiger charge is -2.21. The lowest BCUT2D eigenvalue weighted by atomic mass is 9.95. The molecule has 1 saturated heterocycles. The Labute approximate surface area is 155 Å². The topological polar surface area (TPSA) is 64.4 Å². The standard InChI is InChI=1S/C18H24F3N3O3/c1-27-17(26)12-5-4-9-23(10-8-12)15(25)11-24-14-7-3-2-6-13(14)16(22-24)18(19,20)21/h12H,2-11H2,1H3. The first-order chi connectivity index (χ1) is 12.8. The minimum absolute atomic E-state index is 0.193. The number of ether oxygens (including phenoxy) is 1. The van der Waals surface area contributed by atoms with Crippen LogP contribution in [0.15, 0.2) is 0 Å². The lowest BCUT2D eigenvalue weighted by molar-refractivity contribution is -0.146. The molecule has 0 spiro atoms. The molecule has 1 atom stereocenters. The molecule has 9 heteroatoms. The number of methoxy groups -OCH3 is 1. The molecule has 1 unspecified atom stereocenters. The Bertz CT molecular complexity index is 715. The smallest absolute Gasteiger partial charge is 0.435 e. The summed E-state index contributed by atoms with van der Waals surface area (Å²) in [5.41, 5.74) is -0.0843. The van der Waals surface area contributed by atoms with Crippen molar-refractivity contribution in [2.75, 3.05) is 20.2 Å². The zero-order valence-electron chi connectivity index (χ0n) is 15.3. The number of amides is 1. The number of fused-ring (bicyclic) bond motifs is 1. The fraction of sp³-hybridized carbons (Fsp3) is 0.722. The van der Waals surface area contributed by atoms with Crippen molar-refractivity contribution in [1.82, 2.24) is 14.7 Å². The van der Waals surface area contributed by atoms with Gasteiger partial charge in [-0.15, -0.1) is 0 Å². The van der Waals surface area contributed by atoms with E-state index in [9.17, 15) is 22.8 Å². The van der Waals surface area contributed by atoms with Gasteiger partial charge in [-0.25, -0.2) is 0 Å². The number of aromatic nitrogens is 2. The Balaban J connectivity index is 1.73. The van der Waals surface area contributed by atoms with E-state index < -0.39 is 11.9 Å². The van der Waals surface area contributed by atoms with Crippen molar-refractivity contribution in [1.29, 1.82) is 0 Å². The van der Waals surface area contributed by atoms with Gasteiger partial charge < -0.3 is 9.64 Å². The number of hydrogen-bond donors (Lipinski definition) is 0. The highest BCUT2D eigenvalue weighted by Gasteiger charge is 2.40. The predicted octanol–water partition coefficient (Wildman–Crippen LogP) is 2.58. The molecule has 0 radical (unpaired) electrons. The summed E-state index contributed by atoms with van der Waals surface area (Å²) >= 11 is 0. The summed E-state index contributed by atoms with van der Waals surface area (Å²) < 4.78 is 45.8. The number of halogens is 3. The predicted molar refractivity (Wildman–Crippen MR) is 89.8 cm³/mol. The normalized spacial score (nSPS) is 20.7. The van der Waals surface area contributed by atoms with Crippen LogP contribution in [-0.2, 0) is 39.9 Å². The number of esters is 1. The van der Waals surface area contributed by atoms with Gasteiger partial charge in [0, 0.05) is 24.3 Å². The maximum atomic E-state index is 13.3. The molecule has 1 aromatic rings. The van der Waals surface area contributed by atoms with Gasteiger partial charge >= 0.3 is 12.1 Å². The Morgan fingerprint density at radius 2 is 1.89 bits per heavy atom. The van der Waals surface area contributed by atoms with Crippen LogP contribution in [0.25, 0.3) is 0 Å². The average Bonchev–Trinajstić information content (AvgIpc) is 2.84. The number of carbonyl (C=O) groups excluding carboxylic acids is 2. The fourth-order valence-electron chi connectivity index (χ4n) is 4.01. The minimum atomic E-state index is -4.51. The summed E-state index contributed by atoms with van der Waals surface area (Å²) in [6.07, 6.45) is -0.331. The summed E-state index contributed by atoms with van der Waals surface area (Å²) in [6, 6.07) is 0. The molecular formula is C18H24F3N3O3. The molecular weight excluding hydrogens is 363 g/mol. The maximum absolute atomic E-state index is 13.3. The second-order valence-corrected chi connectivity index (χ2v) is 7.17. The molecule has 6 nitrogen and oxygen atoms in total. The first kappa shape index (κ1) is 19.7. The Morgan fingerprint density at radius 1 is 1.15 bits per heavy atom. The first-order valence-electron chi connectivity index (χ1n) is 9.32. The van der Waals surface area contributed by atoms with Crippen molar-refractivity contribution in [3.63, 3.8) is 0 Å². The van der Waals surface area contributed by atoms with Crippen molar-refractivity contribution in [2.24, 2.45) is 5.92 Å². The molecule has 1 aliphatic heterocycles. The van der Waals surface area contributed by atoms with E-state index in [1.807, 2.05) is 0 Å². The van der Waals surface area contributed by atoms with E-state index in [2.05, 4.69) is 5.10 Å². The number of likely N-dealkylation sites (tertiary alicyclic amines) is 1. The zero-order valence-corrected chi connectivity index (χ0v) is 15.3. The van der Waals surface area contributed by atoms with Gasteiger partial charge in [0.2, 0.25) is 5.91 Å². The van der Waals surface area contributed by atoms with E-state index in [1.54, 1.807) is 4.90 Å². The summed E-state index contributed by atoms with van der Waals surface area (Å²) in [5.74, 6) is -0.771. The monoisotopic (exact) mass is 387 g/mol. The molecule has 0 N–H and O–H groups in total. The number of rotatable bonds is 3. The number of alkyl halides is 3. The SMILES string of the molecule is COC(=O)C1CCCN(C(=O)Cn2nc(C(F)(F)F)c3c2CCCC3)CC1. The summed E-state index contributed by atoms with van der Waals surface area (Å²) in [5, 5.41) is 3.75. The Hall–Kier alpha value is -2.06.